The zero-order chi connectivity index (χ0) is 18.0. The van der Waals surface area contributed by atoms with Crippen molar-refractivity contribution in [3.63, 3.8) is 0 Å². The highest BCUT2D eigenvalue weighted by Crippen LogP contribution is 2.11. The van der Waals surface area contributed by atoms with E-state index < -0.39 is 0 Å². The smallest absolute Gasteiger partial charge is 0.276 e. The van der Waals surface area contributed by atoms with Crippen LogP contribution in [0, 0.1) is 13.8 Å². The Labute approximate surface area is 147 Å². The molecule has 0 aliphatic heterocycles. The van der Waals surface area contributed by atoms with Crippen LogP contribution in [0.25, 0.3) is 5.69 Å². The summed E-state index contributed by atoms with van der Waals surface area (Å²) in [5, 5.41) is 0. The lowest BCUT2D eigenvalue weighted by Crippen LogP contribution is -2.27. The Morgan fingerprint density at radius 3 is 2.52 bits per heavy atom. The molecular weight excluding hydrogens is 314 g/mol. The van der Waals surface area contributed by atoms with Crippen molar-refractivity contribution in [3.05, 3.63) is 70.2 Å². The second-order valence-electron chi connectivity index (χ2n) is 6.45. The van der Waals surface area contributed by atoms with E-state index in [1.54, 1.807) is 4.68 Å². The number of aromatic nitrogens is 4. The van der Waals surface area contributed by atoms with Crippen molar-refractivity contribution < 1.29 is 0 Å². The van der Waals surface area contributed by atoms with Crippen LogP contribution in [-0.4, -0.2) is 37.4 Å². The molecule has 0 aliphatic carbocycles. The lowest BCUT2D eigenvalue weighted by Gasteiger charge is -2.16. The molecule has 0 amide bonds. The summed E-state index contributed by atoms with van der Waals surface area (Å²) in [4.78, 5) is 19.4. The van der Waals surface area contributed by atoms with Gasteiger partial charge in [-0.15, -0.1) is 0 Å². The summed E-state index contributed by atoms with van der Waals surface area (Å²) in [7, 11) is 3.98. The van der Waals surface area contributed by atoms with E-state index in [0.29, 0.717) is 6.54 Å². The first-order chi connectivity index (χ1) is 12.0. The zero-order valence-electron chi connectivity index (χ0n) is 15.3. The number of rotatable bonds is 6. The van der Waals surface area contributed by atoms with Gasteiger partial charge in [0.15, 0.2) is 0 Å². The minimum absolute atomic E-state index is 0.0526. The Morgan fingerprint density at radius 1 is 1.16 bits per heavy atom. The van der Waals surface area contributed by atoms with Gasteiger partial charge in [0.2, 0.25) is 0 Å². The number of nitrogens with zero attached hydrogens (tertiary/aromatic N) is 5. The topological polar surface area (TPSA) is 48.0 Å². The monoisotopic (exact) mass is 339 g/mol. The summed E-state index contributed by atoms with van der Waals surface area (Å²) in [5.74, 6) is 1.01. The Hall–Kier alpha value is -2.60. The number of para-hydroxylation sites is 1. The quantitative estimate of drug-likeness (QED) is 0.691. The minimum atomic E-state index is 0.0526. The SMILES string of the molecule is Cc1nccn1CCN(C)Cc1c(C)n(C)n(-c2ccccc2)c1=O. The molecule has 3 aromatic rings. The second-order valence-corrected chi connectivity index (χ2v) is 6.45. The lowest BCUT2D eigenvalue weighted by atomic mass is 10.2. The normalized spacial score (nSPS) is 11.4. The van der Waals surface area contributed by atoms with Crippen molar-refractivity contribution in [3.8, 4) is 5.69 Å². The molecule has 0 bridgehead atoms. The summed E-state index contributed by atoms with van der Waals surface area (Å²) in [6.07, 6.45) is 3.80. The molecule has 0 spiro atoms. The largest absolute Gasteiger partial charge is 0.334 e. The van der Waals surface area contributed by atoms with E-state index in [1.807, 2.05) is 75.4 Å². The van der Waals surface area contributed by atoms with E-state index in [4.69, 9.17) is 0 Å². The summed E-state index contributed by atoms with van der Waals surface area (Å²) >= 11 is 0. The minimum Gasteiger partial charge on any atom is -0.334 e. The van der Waals surface area contributed by atoms with Gasteiger partial charge in [0.05, 0.1) is 11.3 Å². The Balaban J connectivity index is 1.79. The summed E-state index contributed by atoms with van der Waals surface area (Å²) in [6, 6.07) is 9.76. The van der Waals surface area contributed by atoms with Crippen LogP contribution >= 0.6 is 0 Å². The van der Waals surface area contributed by atoms with E-state index in [2.05, 4.69) is 14.5 Å². The fourth-order valence-electron chi connectivity index (χ4n) is 3.07. The van der Waals surface area contributed by atoms with Crippen molar-refractivity contribution >= 4 is 0 Å². The van der Waals surface area contributed by atoms with Gasteiger partial charge in [-0.2, -0.15) is 0 Å². The molecule has 0 unspecified atom stereocenters. The fraction of sp³-hybridized carbons (Fsp3) is 0.368. The molecule has 0 radical (unpaired) electrons. The van der Waals surface area contributed by atoms with Crippen LogP contribution in [0.2, 0.25) is 0 Å². The van der Waals surface area contributed by atoms with Crippen LogP contribution in [0.1, 0.15) is 17.1 Å². The molecule has 1 aromatic carbocycles. The number of benzene rings is 1. The molecule has 0 saturated carbocycles. The van der Waals surface area contributed by atoms with E-state index in [0.717, 1.165) is 35.9 Å². The predicted octanol–water partition coefficient (Wildman–Crippen LogP) is 2.12. The molecule has 0 aliphatic rings. The third-order valence-electron chi connectivity index (χ3n) is 4.75. The molecule has 0 atom stereocenters. The highest BCUT2D eigenvalue weighted by molar-refractivity contribution is 5.33. The van der Waals surface area contributed by atoms with Gasteiger partial charge in [-0.05, 0) is 33.0 Å². The van der Waals surface area contributed by atoms with E-state index in [9.17, 15) is 4.79 Å². The van der Waals surface area contributed by atoms with Gasteiger partial charge in [0.25, 0.3) is 5.56 Å². The van der Waals surface area contributed by atoms with Gasteiger partial charge in [0.1, 0.15) is 5.82 Å². The molecule has 25 heavy (non-hydrogen) atoms. The average molecular weight is 339 g/mol. The number of hydrogen-bond acceptors (Lipinski definition) is 3. The van der Waals surface area contributed by atoms with Crippen LogP contribution in [0.3, 0.4) is 0 Å². The van der Waals surface area contributed by atoms with E-state index >= 15 is 0 Å². The molecular formula is C19H25N5O. The fourth-order valence-corrected chi connectivity index (χ4v) is 3.07. The predicted molar refractivity (Wildman–Crippen MR) is 99.0 cm³/mol. The van der Waals surface area contributed by atoms with Crippen LogP contribution in [-0.2, 0) is 20.1 Å². The Kier molecular flexibility index (Phi) is 4.90. The number of aryl methyl sites for hydroxylation is 1. The zero-order valence-corrected chi connectivity index (χ0v) is 15.3. The van der Waals surface area contributed by atoms with Crippen LogP contribution in [0.15, 0.2) is 47.5 Å². The highest BCUT2D eigenvalue weighted by atomic mass is 16.1. The van der Waals surface area contributed by atoms with Crippen molar-refractivity contribution in [1.29, 1.82) is 0 Å². The third-order valence-corrected chi connectivity index (χ3v) is 4.75. The van der Waals surface area contributed by atoms with Crippen LogP contribution in [0.4, 0.5) is 0 Å². The van der Waals surface area contributed by atoms with Gasteiger partial charge < -0.3 is 9.47 Å². The summed E-state index contributed by atoms with van der Waals surface area (Å²) in [5.41, 5.74) is 2.79. The maximum atomic E-state index is 12.9. The second kappa shape index (κ2) is 7.11. The number of imidazole rings is 1. The van der Waals surface area contributed by atoms with Gasteiger partial charge >= 0.3 is 0 Å². The molecule has 6 heteroatoms. The van der Waals surface area contributed by atoms with Crippen LogP contribution in [0.5, 0.6) is 0 Å². The molecule has 6 nitrogen and oxygen atoms in total. The van der Waals surface area contributed by atoms with Gasteiger partial charge in [-0.3, -0.25) is 9.48 Å². The standard InChI is InChI=1S/C19H25N5O/c1-15-18(14-21(3)12-13-23-11-10-20-16(23)2)19(25)24(22(15)4)17-8-6-5-7-9-17/h5-11H,12-14H2,1-4H3. The first-order valence-electron chi connectivity index (χ1n) is 8.48. The first kappa shape index (κ1) is 17.2. The lowest BCUT2D eigenvalue weighted by molar-refractivity contribution is 0.309. The molecule has 0 fully saturated rings. The molecule has 132 valence electrons. The van der Waals surface area contributed by atoms with Gasteiger partial charge in [-0.25, -0.2) is 9.67 Å². The molecule has 3 rings (SSSR count). The Morgan fingerprint density at radius 2 is 1.88 bits per heavy atom. The van der Waals surface area contributed by atoms with Crippen LogP contribution < -0.4 is 5.56 Å². The van der Waals surface area contributed by atoms with Crippen molar-refractivity contribution in [2.45, 2.75) is 26.9 Å². The number of likely N-dealkylation sites (N-methyl/N-ethyl adjacent to an activating group) is 1. The average Bonchev–Trinajstić information content (AvgIpc) is 3.10. The van der Waals surface area contributed by atoms with Crippen molar-refractivity contribution in [1.82, 2.24) is 23.8 Å². The highest BCUT2D eigenvalue weighted by Gasteiger charge is 2.17. The van der Waals surface area contributed by atoms with Crippen molar-refractivity contribution in [2.24, 2.45) is 7.05 Å². The number of hydrogen-bond donors (Lipinski definition) is 0. The molecule has 0 N–H and O–H groups in total. The van der Waals surface area contributed by atoms with E-state index in [1.165, 1.54) is 0 Å². The Bertz CT molecular complexity index is 904. The molecule has 2 heterocycles. The van der Waals surface area contributed by atoms with E-state index in [-0.39, 0.29) is 5.56 Å². The summed E-state index contributed by atoms with van der Waals surface area (Å²) < 4.78 is 5.79. The maximum absolute atomic E-state index is 12.9. The van der Waals surface area contributed by atoms with Gasteiger partial charge in [-0.1, -0.05) is 18.2 Å². The molecule has 0 saturated heterocycles. The third kappa shape index (κ3) is 3.44. The molecule has 2 aromatic heterocycles. The first-order valence-corrected chi connectivity index (χ1v) is 8.48. The van der Waals surface area contributed by atoms with Crippen molar-refractivity contribution in [2.75, 3.05) is 13.6 Å². The summed E-state index contributed by atoms with van der Waals surface area (Å²) in [6.45, 7) is 6.35. The maximum Gasteiger partial charge on any atom is 0.276 e. The van der Waals surface area contributed by atoms with Gasteiger partial charge in [0, 0.05) is 44.8 Å².